The van der Waals surface area contributed by atoms with E-state index in [0.717, 1.165) is 24.1 Å². The van der Waals surface area contributed by atoms with Crippen LogP contribution in [0.3, 0.4) is 0 Å². The summed E-state index contributed by atoms with van der Waals surface area (Å²) >= 11 is 0. The van der Waals surface area contributed by atoms with Crippen molar-refractivity contribution in [1.82, 2.24) is 0 Å². The Morgan fingerprint density at radius 2 is 2.08 bits per heavy atom. The smallest absolute Gasteiger partial charge is 0.211 e. The number of benzene rings is 1. The average Bonchev–Trinajstić information content (AvgIpc) is 2.09. The fraction of sp³-hybridized carbons (Fsp3) is 0.364. The largest absolute Gasteiger partial charge is 0.328 e. The zero-order valence-corrected chi connectivity index (χ0v) is 8.35. The molecule has 0 heterocycles. The van der Waals surface area contributed by atoms with Crippen LogP contribution in [0, 0.1) is 13.8 Å². The summed E-state index contributed by atoms with van der Waals surface area (Å²) in [5, 5.41) is 2.74. The zero-order chi connectivity index (χ0) is 9.84. The lowest BCUT2D eigenvalue weighted by Gasteiger charge is -2.11. The third-order valence-corrected chi connectivity index (χ3v) is 2.15. The Bertz CT molecular complexity index is 318. The molecule has 1 aromatic rings. The lowest BCUT2D eigenvalue weighted by Crippen LogP contribution is -2.01. The van der Waals surface area contributed by atoms with E-state index < -0.39 is 0 Å². The number of carbonyl (C=O) groups excluding carboxylic acids is 1. The Balaban J connectivity index is 3.20. The number of hydrogen-bond acceptors (Lipinski definition) is 1. The highest BCUT2D eigenvalue weighted by Gasteiger charge is 2.03. The molecular weight excluding hydrogens is 162 g/mol. The van der Waals surface area contributed by atoms with Crippen molar-refractivity contribution in [3.63, 3.8) is 0 Å². The van der Waals surface area contributed by atoms with Crippen molar-refractivity contribution >= 4 is 12.1 Å². The summed E-state index contributed by atoms with van der Waals surface area (Å²) in [6, 6.07) is 4.18. The minimum atomic E-state index is 0.733. The second-order valence-corrected chi connectivity index (χ2v) is 3.23. The van der Waals surface area contributed by atoms with E-state index in [2.05, 4.69) is 31.3 Å². The van der Waals surface area contributed by atoms with Gasteiger partial charge in [0.2, 0.25) is 6.41 Å². The van der Waals surface area contributed by atoms with Crippen molar-refractivity contribution in [1.29, 1.82) is 0 Å². The van der Waals surface area contributed by atoms with Crippen molar-refractivity contribution in [2.24, 2.45) is 0 Å². The average molecular weight is 177 g/mol. The summed E-state index contributed by atoms with van der Waals surface area (Å²) in [5.74, 6) is 0. The monoisotopic (exact) mass is 177 g/mol. The third kappa shape index (κ3) is 2.08. The highest BCUT2D eigenvalue weighted by molar-refractivity contribution is 5.76. The number of nitrogens with one attached hydrogen (secondary N) is 1. The molecule has 0 saturated heterocycles. The molecule has 1 rings (SSSR count). The van der Waals surface area contributed by atoms with E-state index in [4.69, 9.17) is 0 Å². The van der Waals surface area contributed by atoms with E-state index in [9.17, 15) is 4.79 Å². The molecule has 70 valence electrons. The number of aryl methyl sites for hydroxylation is 3. The van der Waals surface area contributed by atoms with Gasteiger partial charge < -0.3 is 5.32 Å². The number of anilines is 1. The molecular formula is C11H15NO. The molecule has 1 aromatic carbocycles. The van der Waals surface area contributed by atoms with Gasteiger partial charge in [0.05, 0.1) is 0 Å². The summed E-state index contributed by atoms with van der Waals surface area (Å²) in [4.78, 5) is 10.4. The molecule has 0 aromatic heterocycles. The van der Waals surface area contributed by atoms with Gasteiger partial charge in [-0.05, 0) is 31.4 Å². The van der Waals surface area contributed by atoms with Gasteiger partial charge in [0, 0.05) is 5.69 Å². The van der Waals surface area contributed by atoms with Gasteiger partial charge in [0.15, 0.2) is 0 Å². The first-order valence-corrected chi connectivity index (χ1v) is 4.49. The van der Waals surface area contributed by atoms with Crippen molar-refractivity contribution < 1.29 is 4.79 Å². The first kappa shape index (κ1) is 9.78. The molecule has 0 aliphatic heterocycles. The van der Waals surface area contributed by atoms with E-state index >= 15 is 0 Å². The molecule has 0 radical (unpaired) electrons. The molecule has 1 N–H and O–H groups in total. The quantitative estimate of drug-likeness (QED) is 0.706. The van der Waals surface area contributed by atoms with Crippen LogP contribution in [-0.2, 0) is 11.2 Å². The first-order valence-electron chi connectivity index (χ1n) is 4.49. The van der Waals surface area contributed by atoms with Crippen molar-refractivity contribution in [3.8, 4) is 0 Å². The van der Waals surface area contributed by atoms with E-state index in [1.54, 1.807) is 0 Å². The molecule has 2 nitrogen and oxygen atoms in total. The van der Waals surface area contributed by atoms with Crippen LogP contribution in [0.1, 0.15) is 23.6 Å². The molecule has 0 aliphatic carbocycles. The van der Waals surface area contributed by atoms with E-state index in [-0.39, 0.29) is 0 Å². The van der Waals surface area contributed by atoms with Crippen molar-refractivity contribution in [2.45, 2.75) is 27.2 Å². The Hall–Kier alpha value is -1.31. The fourth-order valence-electron chi connectivity index (χ4n) is 1.60. The Kier molecular flexibility index (Phi) is 3.07. The lowest BCUT2D eigenvalue weighted by molar-refractivity contribution is -0.105. The van der Waals surface area contributed by atoms with Crippen LogP contribution in [0.25, 0.3) is 0 Å². The van der Waals surface area contributed by atoms with Crippen LogP contribution in [0.15, 0.2) is 12.1 Å². The maximum Gasteiger partial charge on any atom is 0.211 e. The molecule has 2 heteroatoms. The van der Waals surface area contributed by atoms with Crippen LogP contribution < -0.4 is 5.32 Å². The summed E-state index contributed by atoms with van der Waals surface area (Å²) in [5.41, 5.74) is 4.53. The van der Waals surface area contributed by atoms with Crippen molar-refractivity contribution in [2.75, 3.05) is 5.32 Å². The zero-order valence-electron chi connectivity index (χ0n) is 8.35. The molecule has 0 saturated carbocycles. The van der Waals surface area contributed by atoms with E-state index in [1.165, 1.54) is 11.1 Å². The predicted molar refractivity (Wildman–Crippen MR) is 55.0 cm³/mol. The van der Waals surface area contributed by atoms with E-state index in [1.807, 2.05) is 6.92 Å². The topological polar surface area (TPSA) is 29.1 Å². The normalized spacial score (nSPS) is 9.77. The van der Waals surface area contributed by atoms with Crippen LogP contribution in [-0.4, -0.2) is 6.41 Å². The summed E-state index contributed by atoms with van der Waals surface area (Å²) < 4.78 is 0. The van der Waals surface area contributed by atoms with Crippen LogP contribution in [0.5, 0.6) is 0 Å². The minimum absolute atomic E-state index is 0.733. The number of carbonyl (C=O) groups is 1. The first-order chi connectivity index (χ1) is 6.19. The number of rotatable bonds is 3. The molecule has 0 spiro atoms. The molecule has 0 atom stereocenters. The highest BCUT2D eigenvalue weighted by Crippen LogP contribution is 2.22. The molecule has 0 unspecified atom stereocenters. The minimum Gasteiger partial charge on any atom is -0.328 e. The van der Waals surface area contributed by atoms with Gasteiger partial charge in [-0.15, -0.1) is 0 Å². The van der Waals surface area contributed by atoms with Gasteiger partial charge in [-0.3, -0.25) is 4.79 Å². The SMILES string of the molecule is CCc1cc(C)cc(C)c1NC=O. The van der Waals surface area contributed by atoms with Gasteiger partial charge in [-0.25, -0.2) is 0 Å². The molecule has 13 heavy (non-hydrogen) atoms. The Morgan fingerprint density at radius 3 is 2.62 bits per heavy atom. The summed E-state index contributed by atoms with van der Waals surface area (Å²) in [6.45, 7) is 6.17. The molecule has 0 aliphatic rings. The predicted octanol–water partition coefficient (Wildman–Crippen LogP) is 2.43. The van der Waals surface area contributed by atoms with E-state index in [0.29, 0.717) is 0 Å². The fourth-order valence-corrected chi connectivity index (χ4v) is 1.60. The second kappa shape index (κ2) is 4.08. The standard InChI is InChI=1S/C11H15NO/c1-4-10-6-8(2)5-9(3)11(10)12-7-13/h5-7H,4H2,1-3H3,(H,12,13). The van der Waals surface area contributed by atoms with Gasteiger partial charge in [0.25, 0.3) is 0 Å². The number of amides is 1. The van der Waals surface area contributed by atoms with Crippen molar-refractivity contribution in [3.05, 3.63) is 28.8 Å². The maximum atomic E-state index is 10.4. The van der Waals surface area contributed by atoms with Crippen LogP contribution >= 0.6 is 0 Å². The van der Waals surface area contributed by atoms with Crippen LogP contribution in [0.2, 0.25) is 0 Å². The highest BCUT2D eigenvalue weighted by atomic mass is 16.1. The molecule has 1 amide bonds. The summed E-state index contributed by atoms with van der Waals surface area (Å²) in [6.07, 6.45) is 1.68. The molecule has 0 bridgehead atoms. The summed E-state index contributed by atoms with van der Waals surface area (Å²) in [7, 11) is 0. The van der Waals surface area contributed by atoms with Gasteiger partial charge in [-0.1, -0.05) is 24.6 Å². The third-order valence-electron chi connectivity index (χ3n) is 2.15. The van der Waals surface area contributed by atoms with Gasteiger partial charge >= 0.3 is 0 Å². The van der Waals surface area contributed by atoms with Gasteiger partial charge in [0.1, 0.15) is 0 Å². The Morgan fingerprint density at radius 1 is 1.38 bits per heavy atom. The second-order valence-electron chi connectivity index (χ2n) is 3.23. The number of hydrogen-bond donors (Lipinski definition) is 1. The van der Waals surface area contributed by atoms with Crippen LogP contribution in [0.4, 0.5) is 5.69 Å². The Labute approximate surface area is 79.0 Å². The lowest BCUT2D eigenvalue weighted by atomic mass is 10.0. The van der Waals surface area contributed by atoms with Gasteiger partial charge in [-0.2, -0.15) is 0 Å². The maximum absolute atomic E-state index is 10.4. The molecule has 0 fully saturated rings.